The second kappa shape index (κ2) is 5.97. The Hall–Kier alpha value is -1.34. The summed E-state index contributed by atoms with van der Waals surface area (Å²) < 4.78 is 0.762. The number of rotatable bonds is 2. The molecule has 0 radical (unpaired) electrons. The smallest absolute Gasteiger partial charge is 0.253 e. The number of carbonyl (C=O) groups is 1. The number of aryl methyl sites for hydroxylation is 1. The summed E-state index contributed by atoms with van der Waals surface area (Å²) in [6, 6.07) is 7.98. The van der Waals surface area contributed by atoms with Crippen molar-refractivity contribution in [1.82, 2.24) is 5.32 Å². The highest BCUT2D eigenvalue weighted by Gasteiger charge is 2.36. The van der Waals surface area contributed by atoms with Crippen molar-refractivity contribution in [2.75, 3.05) is 0 Å². The van der Waals surface area contributed by atoms with E-state index in [9.17, 15) is 10.1 Å². The molecule has 1 amide bonds. The standard InChI is InChI=1S/C16H19BrN2O/c1-11-5-7-16(10-18,8-6-11)19-15(20)13-9-12(2)3-4-14(13)17/h3-4,9,11H,5-8H2,1-2H3,(H,19,20). The molecule has 2 rings (SSSR count). The molecule has 4 heteroatoms. The summed E-state index contributed by atoms with van der Waals surface area (Å²) in [7, 11) is 0. The van der Waals surface area contributed by atoms with Gasteiger partial charge in [-0.15, -0.1) is 0 Å². The molecule has 1 saturated carbocycles. The van der Waals surface area contributed by atoms with Gasteiger partial charge in [-0.25, -0.2) is 0 Å². The number of carbonyl (C=O) groups excluding carboxylic acids is 1. The highest BCUT2D eigenvalue weighted by molar-refractivity contribution is 9.10. The van der Waals surface area contributed by atoms with Crippen molar-refractivity contribution in [2.24, 2.45) is 5.92 Å². The van der Waals surface area contributed by atoms with E-state index in [1.807, 2.05) is 25.1 Å². The van der Waals surface area contributed by atoms with E-state index >= 15 is 0 Å². The van der Waals surface area contributed by atoms with Crippen molar-refractivity contribution >= 4 is 21.8 Å². The number of hydrogen-bond acceptors (Lipinski definition) is 2. The zero-order valence-corrected chi connectivity index (χ0v) is 13.5. The van der Waals surface area contributed by atoms with Crippen molar-refractivity contribution in [1.29, 1.82) is 5.26 Å². The Morgan fingerprint density at radius 3 is 2.70 bits per heavy atom. The van der Waals surface area contributed by atoms with Gasteiger partial charge in [-0.2, -0.15) is 5.26 Å². The number of benzene rings is 1. The molecule has 0 aromatic heterocycles. The van der Waals surface area contributed by atoms with Gasteiger partial charge >= 0.3 is 0 Å². The van der Waals surface area contributed by atoms with Crippen molar-refractivity contribution in [2.45, 2.75) is 45.1 Å². The SMILES string of the molecule is Cc1ccc(Br)c(C(=O)NC2(C#N)CCC(C)CC2)c1. The van der Waals surface area contributed by atoms with Crippen LogP contribution in [0.15, 0.2) is 22.7 Å². The fourth-order valence-corrected chi connectivity index (χ4v) is 3.04. The molecule has 1 aliphatic carbocycles. The van der Waals surface area contributed by atoms with Crippen LogP contribution in [0, 0.1) is 24.2 Å². The molecule has 0 bridgehead atoms. The Bertz CT molecular complexity index is 554. The van der Waals surface area contributed by atoms with Crippen LogP contribution in [-0.4, -0.2) is 11.4 Å². The summed E-state index contributed by atoms with van der Waals surface area (Å²) in [5.74, 6) is 0.468. The Kier molecular flexibility index (Phi) is 4.49. The van der Waals surface area contributed by atoms with Gasteiger partial charge < -0.3 is 5.32 Å². The van der Waals surface area contributed by atoms with E-state index in [1.165, 1.54) is 0 Å². The molecule has 1 aromatic rings. The third-order valence-electron chi connectivity index (χ3n) is 4.06. The van der Waals surface area contributed by atoms with Gasteiger partial charge in [-0.05, 0) is 66.6 Å². The number of nitrogens with one attached hydrogen (secondary N) is 1. The number of amides is 1. The normalized spacial score (nSPS) is 25.8. The van der Waals surface area contributed by atoms with E-state index in [-0.39, 0.29) is 5.91 Å². The van der Waals surface area contributed by atoms with Crippen LogP contribution in [-0.2, 0) is 0 Å². The lowest BCUT2D eigenvalue weighted by molar-refractivity contribution is 0.0893. The van der Waals surface area contributed by atoms with E-state index < -0.39 is 5.54 Å². The average Bonchev–Trinajstić information content (AvgIpc) is 2.44. The Labute approximate surface area is 128 Å². The van der Waals surface area contributed by atoms with E-state index in [0.717, 1.165) is 35.7 Å². The minimum absolute atomic E-state index is 0.170. The molecule has 0 atom stereocenters. The van der Waals surface area contributed by atoms with Gasteiger partial charge in [0.25, 0.3) is 5.91 Å². The van der Waals surface area contributed by atoms with Crippen molar-refractivity contribution in [3.8, 4) is 6.07 Å². The van der Waals surface area contributed by atoms with Crippen LogP contribution >= 0.6 is 15.9 Å². The van der Waals surface area contributed by atoms with Crippen LogP contribution in [0.25, 0.3) is 0 Å². The summed E-state index contributed by atoms with van der Waals surface area (Å²) in [6.45, 7) is 4.14. The van der Waals surface area contributed by atoms with Gasteiger partial charge in [-0.1, -0.05) is 18.6 Å². The van der Waals surface area contributed by atoms with Crippen molar-refractivity contribution in [3.05, 3.63) is 33.8 Å². The maximum Gasteiger partial charge on any atom is 0.253 e. The molecule has 1 N–H and O–H groups in total. The molecule has 3 nitrogen and oxygen atoms in total. The number of nitriles is 1. The molecule has 0 heterocycles. The molecule has 0 saturated heterocycles. The Morgan fingerprint density at radius 2 is 2.10 bits per heavy atom. The second-order valence-electron chi connectivity index (χ2n) is 5.81. The van der Waals surface area contributed by atoms with E-state index in [4.69, 9.17) is 0 Å². The fraction of sp³-hybridized carbons (Fsp3) is 0.500. The minimum Gasteiger partial charge on any atom is -0.334 e. The summed E-state index contributed by atoms with van der Waals surface area (Å²) in [4.78, 5) is 12.4. The van der Waals surface area contributed by atoms with Crippen molar-refractivity contribution in [3.63, 3.8) is 0 Å². The van der Waals surface area contributed by atoms with Crippen LogP contribution in [0.5, 0.6) is 0 Å². The Morgan fingerprint density at radius 1 is 1.45 bits per heavy atom. The van der Waals surface area contributed by atoms with Gasteiger partial charge in [0.15, 0.2) is 0 Å². The van der Waals surface area contributed by atoms with Gasteiger partial charge in [0, 0.05) is 4.47 Å². The van der Waals surface area contributed by atoms with Crippen molar-refractivity contribution < 1.29 is 4.79 Å². The molecule has 0 aliphatic heterocycles. The first-order valence-corrected chi connectivity index (χ1v) is 7.75. The molecule has 1 aliphatic rings. The maximum absolute atomic E-state index is 12.4. The lowest BCUT2D eigenvalue weighted by Gasteiger charge is -2.34. The predicted molar refractivity (Wildman–Crippen MR) is 82.3 cm³/mol. The summed E-state index contributed by atoms with van der Waals surface area (Å²) in [6.07, 6.45) is 3.45. The molecule has 20 heavy (non-hydrogen) atoms. The molecule has 0 spiro atoms. The first-order chi connectivity index (χ1) is 9.46. The van der Waals surface area contributed by atoms with Crippen LogP contribution in [0.2, 0.25) is 0 Å². The third-order valence-corrected chi connectivity index (χ3v) is 4.75. The zero-order chi connectivity index (χ0) is 14.8. The molecule has 1 fully saturated rings. The minimum atomic E-state index is -0.702. The second-order valence-corrected chi connectivity index (χ2v) is 6.67. The predicted octanol–water partition coefficient (Wildman–Crippen LogP) is 3.96. The highest BCUT2D eigenvalue weighted by Crippen LogP contribution is 2.32. The first kappa shape index (κ1) is 15.1. The zero-order valence-electron chi connectivity index (χ0n) is 11.9. The maximum atomic E-state index is 12.4. The van der Waals surface area contributed by atoms with Crippen LogP contribution < -0.4 is 5.32 Å². The molecule has 1 aromatic carbocycles. The van der Waals surface area contributed by atoms with E-state index in [0.29, 0.717) is 11.5 Å². The van der Waals surface area contributed by atoms with Crippen LogP contribution in [0.4, 0.5) is 0 Å². The topological polar surface area (TPSA) is 52.9 Å². The molecule has 106 valence electrons. The molecule has 0 unspecified atom stereocenters. The number of hydrogen-bond donors (Lipinski definition) is 1. The summed E-state index contributed by atoms with van der Waals surface area (Å²) in [5.41, 5.74) is 0.923. The van der Waals surface area contributed by atoms with E-state index in [2.05, 4.69) is 34.2 Å². The third kappa shape index (κ3) is 3.21. The van der Waals surface area contributed by atoms with Crippen LogP contribution in [0.3, 0.4) is 0 Å². The van der Waals surface area contributed by atoms with Gasteiger partial charge in [0.2, 0.25) is 0 Å². The number of halogens is 1. The lowest BCUT2D eigenvalue weighted by atomic mass is 9.78. The van der Waals surface area contributed by atoms with E-state index in [1.54, 1.807) is 0 Å². The molecular weight excluding hydrogens is 316 g/mol. The lowest BCUT2D eigenvalue weighted by Crippen LogP contribution is -2.49. The quantitative estimate of drug-likeness (QED) is 0.889. The number of nitrogens with zero attached hydrogens (tertiary/aromatic N) is 1. The van der Waals surface area contributed by atoms with Crippen LogP contribution in [0.1, 0.15) is 48.5 Å². The summed E-state index contributed by atoms with van der Waals surface area (Å²) in [5, 5.41) is 12.4. The van der Waals surface area contributed by atoms with Gasteiger partial charge in [0.05, 0.1) is 11.6 Å². The largest absolute Gasteiger partial charge is 0.334 e. The summed E-state index contributed by atoms with van der Waals surface area (Å²) >= 11 is 3.40. The average molecular weight is 335 g/mol. The first-order valence-electron chi connectivity index (χ1n) is 6.96. The van der Waals surface area contributed by atoms with Gasteiger partial charge in [0.1, 0.15) is 5.54 Å². The molecular formula is C16H19BrN2O. The fourth-order valence-electron chi connectivity index (χ4n) is 2.62. The Balaban J connectivity index is 2.18. The monoisotopic (exact) mass is 334 g/mol. The van der Waals surface area contributed by atoms with Gasteiger partial charge in [-0.3, -0.25) is 4.79 Å². The highest BCUT2D eigenvalue weighted by atomic mass is 79.9.